The molecule has 0 fully saturated rings. The van der Waals surface area contributed by atoms with Crippen molar-refractivity contribution in [1.29, 1.82) is 0 Å². The predicted octanol–water partition coefficient (Wildman–Crippen LogP) is 3.67. The average Bonchev–Trinajstić information content (AvgIpc) is 2.57. The van der Waals surface area contributed by atoms with Crippen molar-refractivity contribution < 1.29 is 45.8 Å². The zero-order chi connectivity index (χ0) is 26.6. The lowest BCUT2D eigenvalue weighted by Crippen LogP contribution is -2.24. The van der Waals surface area contributed by atoms with Crippen LogP contribution in [0.4, 0.5) is 19.4 Å². The van der Waals surface area contributed by atoms with Crippen molar-refractivity contribution in [2.24, 2.45) is 16.5 Å². The Morgan fingerprint density at radius 2 is 1.44 bits per heavy atom. The molecular weight excluding hydrogens is 533 g/mol. The molecule has 0 aromatic heterocycles. The Hall–Kier alpha value is -2.92. The van der Waals surface area contributed by atoms with Crippen LogP contribution in [0.15, 0.2) is 50.0 Å². The van der Waals surface area contributed by atoms with Gasteiger partial charge in [0.1, 0.15) is 21.3 Å². The van der Waals surface area contributed by atoms with Crippen LogP contribution in [0.1, 0.15) is 15.9 Å². The van der Waals surface area contributed by atoms with E-state index >= 15 is 0 Å². The Balaban J connectivity index is 2.78. The van der Waals surface area contributed by atoms with E-state index in [0.717, 1.165) is 12.1 Å². The molecule has 0 radical (unpaired) electrons. The number of halogens is 5. The van der Waals surface area contributed by atoms with Gasteiger partial charge in [0, 0.05) is 24.1 Å². The molecule has 0 aliphatic heterocycles. The molecule has 0 aliphatic rings. The normalized spacial score (nSPS) is 14.6. The smallest absolute Gasteiger partial charge is 0.311 e. The van der Waals surface area contributed by atoms with Crippen LogP contribution in [0, 0.1) is 6.92 Å². The maximum absolute atomic E-state index is 13.5. The average molecular weight is 552 g/mol. The van der Waals surface area contributed by atoms with E-state index in [9.17, 15) is 41.1 Å². The fourth-order valence-electron chi connectivity index (χ4n) is 2.73. The molecule has 0 atom stereocenters. The van der Waals surface area contributed by atoms with Crippen LogP contribution in [-0.2, 0) is 19.7 Å². The van der Waals surface area contributed by atoms with Crippen LogP contribution in [0.25, 0.3) is 0 Å². The molecular formula is C17H18F5N3O6S3. The molecule has 1 amide bonds. The van der Waals surface area contributed by atoms with Crippen molar-refractivity contribution in [2.75, 3.05) is 12.5 Å². The van der Waals surface area contributed by atoms with Crippen LogP contribution in [0.3, 0.4) is 0 Å². The summed E-state index contributed by atoms with van der Waals surface area (Å²) in [5.41, 5.74) is 9.98. The highest BCUT2D eigenvalue weighted by molar-refractivity contribution is 8.45. The topological polar surface area (TPSA) is 159 Å². The number of nitrogens with two attached hydrogens (primary N) is 2. The van der Waals surface area contributed by atoms with Crippen molar-refractivity contribution >= 4 is 41.8 Å². The molecule has 2 rings (SSSR count). The van der Waals surface area contributed by atoms with Crippen molar-refractivity contribution in [2.45, 2.75) is 21.6 Å². The van der Waals surface area contributed by atoms with Crippen LogP contribution >= 0.6 is 10.2 Å². The molecule has 0 heterocycles. The number of carbonyl (C=O) groups excluding carboxylic acids is 1. The van der Waals surface area contributed by atoms with Gasteiger partial charge in [-0.15, -0.1) is 0 Å². The van der Waals surface area contributed by atoms with Gasteiger partial charge in [-0.2, -0.15) is 4.99 Å². The number of amides is 1. The number of carbonyl (C=O) groups is 1. The number of hydrogen-bond donors (Lipinski definition) is 2. The second-order valence-electron chi connectivity index (χ2n) is 7.18. The summed E-state index contributed by atoms with van der Waals surface area (Å²) in [5.74, 6) is -3.22. The van der Waals surface area contributed by atoms with E-state index in [1.807, 2.05) is 0 Å². The number of nitrogens with zero attached hydrogens (tertiary/aromatic N) is 1. The van der Waals surface area contributed by atoms with E-state index in [-0.39, 0.29) is 23.3 Å². The summed E-state index contributed by atoms with van der Waals surface area (Å²) in [4.78, 5) is 10.3. The summed E-state index contributed by atoms with van der Waals surface area (Å²) >= 11 is 0. The van der Waals surface area contributed by atoms with Gasteiger partial charge in [-0.25, -0.2) is 16.8 Å². The van der Waals surface area contributed by atoms with E-state index in [0.29, 0.717) is 18.6 Å². The third kappa shape index (κ3) is 6.35. The molecule has 190 valence electrons. The molecule has 34 heavy (non-hydrogen) atoms. The third-order valence-electron chi connectivity index (χ3n) is 4.11. The summed E-state index contributed by atoms with van der Waals surface area (Å²) in [6.45, 7) is 1.29. The Kier molecular flexibility index (Phi) is 6.06. The van der Waals surface area contributed by atoms with Gasteiger partial charge in [-0.1, -0.05) is 19.4 Å². The zero-order valence-corrected chi connectivity index (χ0v) is 20.0. The number of rotatable bonds is 6. The summed E-state index contributed by atoms with van der Waals surface area (Å²) in [6, 6.07) is 2.41. The van der Waals surface area contributed by atoms with E-state index in [2.05, 4.69) is 4.99 Å². The number of aryl methyl sites for hydroxylation is 1. The number of hydrogen-bond acceptors (Lipinski definition) is 6. The number of ether oxygens (including phenoxy) is 1. The largest absolute Gasteiger partial charge is 0.456 e. The molecule has 2 aromatic carbocycles. The van der Waals surface area contributed by atoms with Crippen LogP contribution in [-0.4, -0.2) is 41.2 Å². The SMILES string of the molecule is Cc1cc(Oc2ccc(S(C)(=O)=O)c(S(F)(F)(F)(F)F)c2)c(S(C)(=O)=O)cc1C(=O)N=C(N)N. The third-order valence-corrected chi connectivity index (χ3v) is 7.68. The number of sulfone groups is 2. The molecule has 0 saturated carbocycles. The molecule has 2 aromatic rings. The van der Waals surface area contributed by atoms with Gasteiger partial charge in [0.15, 0.2) is 25.6 Å². The summed E-state index contributed by atoms with van der Waals surface area (Å²) in [6.07, 6.45) is 1.000. The number of guanidine groups is 1. The second kappa shape index (κ2) is 7.54. The van der Waals surface area contributed by atoms with Crippen LogP contribution in [0.2, 0.25) is 0 Å². The van der Waals surface area contributed by atoms with E-state index < -0.39 is 68.0 Å². The second-order valence-corrected chi connectivity index (χ2v) is 13.5. The van der Waals surface area contributed by atoms with E-state index in [1.165, 1.54) is 6.92 Å². The molecule has 17 heteroatoms. The van der Waals surface area contributed by atoms with Crippen molar-refractivity contribution in [3.05, 3.63) is 41.5 Å². The molecule has 9 nitrogen and oxygen atoms in total. The first kappa shape index (κ1) is 27.3. The van der Waals surface area contributed by atoms with Gasteiger partial charge in [-0.05, 0) is 36.8 Å². The van der Waals surface area contributed by atoms with Gasteiger partial charge in [0.25, 0.3) is 5.91 Å². The first-order valence-electron chi connectivity index (χ1n) is 8.65. The molecule has 0 unspecified atom stereocenters. The Labute approximate surface area is 191 Å². The van der Waals surface area contributed by atoms with Gasteiger partial charge in [0.2, 0.25) is 0 Å². The summed E-state index contributed by atoms with van der Waals surface area (Å²) < 4.78 is 121. The lowest BCUT2D eigenvalue weighted by atomic mass is 10.1. The van der Waals surface area contributed by atoms with E-state index in [1.54, 1.807) is 0 Å². The molecule has 0 saturated heterocycles. The van der Waals surface area contributed by atoms with Gasteiger partial charge < -0.3 is 16.2 Å². The molecule has 0 spiro atoms. The minimum absolute atomic E-state index is 0.0260. The van der Waals surface area contributed by atoms with Crippen LogP contribution in [0.5, 0.6) is 11.5 Å². The number of benzene rings is 2. The van der Waals surface area contributed by atoms with Crippen molar-refractivity contribution in [3.8, 4) is 11.5 Å². The molecule has 0 bridgehead atoms. The Bertz CT molecular complexity index is 1450. The van der Waals surface area contributed by atoms with E-state index in [4.69, 9.17) is 16.2 Å². The van der Waals surface area contributed by atoms with Crippen molar-refractivity contribution in [3.63, 3.8) is 0 Å². The highest BCUT2D eigenvalue weighted by Crippen LogP contribution is 3.02. The first-order valence-corrected chi connectivity index (χ1v) is 14.4. The lowest BCUT2D eigenvalue weighted by Gasteiger charge is -2.41. The fourth-order valence-corrected chi connectivity index (χ4v) is 5.98. The molecule has 0 aliphatic carbocycles. The summed E-state index contributed by atoms with van der Waals surface area (Å²) in [5, 5.41) is 0. The van der Waals surface area contributed by atoms with Gasteiger partial charge >= 0.3 is 10.2 Å². The number of aliphatic imine (C=N–C) groups is 1. The zero-order valence-electron chi connectivity index (χ0n) is 17.6. The van der Waals surface area contributed by atoms with Crippen molar-refractivity contribution in [1.82, 2.24) is 0 Å². The maximum atomic E-state index is 13.5. The predicted molar refractivity (Wildman–Crippen MR) is 115 cm³/mol. The summed E-state index contributed by atoms with van der Waals surface area (Å²) in [7, 11) is -19.5. The maximum Gasteiger partial charge on any atom is 0.311 e. The Morgan fingerprint density at radius 1 is 0.912 bits per heavy atom. The highest BCUT2D eigenvalue weighted by atomic mass is 32.5. The fraction of sp³-hybridized carbons (Fsp3) is 0.176. The molecule has 4 N–H and O–H groups in total. The standard InChI is InChI=1S/C17H18F5N3O6S3/c1-9-6-12(14(33(3,29)30)8-11(9)16(26)25-17(23)24)31-10-4-5-13(32(2,27)28)15(7-10)34(18,19,20,21)22/h4-8H,1-3H3,(H4,23,24,25,26). The van der Waals surface area contributed by atoms with Gasteiger partial charge in [0.05, 0.1) is 4.90 Å². The minimum atomic E-state index is -10.5. The highest BCUT2D eigenvalue weighted by Gasteiger charge is 2.67. The lowest BCUT2D eigenvalue weighted by molar-refractivity contribution is 0.100. The monoisotopic (exact) mass is 551 g/mol. The van der Waals surface area contributed by atoms with Gasteiger partial charge in [-0.3, -0.25) is 4.79 Å². The Morgan fingerprint density at radius 3 is 1.88 bits per heavy atom. The minimum Gasteiger partial charge on any atom is -0.456 e. The first-order chi connectivity index (χ1) is 14.9. The quantitative estimate of drug-likeness (QED) is 0.313. The van der Waals surface area contributed by atoms with Crippen LogP contribution < -0.4 is 16.2 Å².